The molecule has 0 radical (unpaired) electrons. The Morgan fingerprint density at radius 1 is 1.06 bits per heavy atom. The van der Waals surface area contributed by atoms with Crippen molar-refractivity contribution in [2.45, 2.75) is 19.8 Å². The fourth-order valence-electron chi connectivity index (χ4n) is 2.66. The van der Waals surface area contributed by atoms with E-state index in [9.17, 15) is 9.59 Å². The number of esters is 1. The highest BCUT2D eigenvalue weighted by Gasteiger charge is 2.14. The van der Waals surface area contributed by atoms with Crippen LogP contribution in [0.5, 0.6) is 5.75 Å². The van der Waals surface area contributed by atoms with Gasteiger partial charge in [-0.15, -0.1) is 10.2 Å². The number of aryl methyl sites for hydroxylation is 2. The van der Waals surface area contributed by atoms with Crippen LogP contribution in [0.25, 0.3) is 11.5 Å². The van der Waals surface area contributed by atoms with E-state index in [-0.39, 0.29) is 25.4 Å². The third kappa shape index (κ3) is 7.09. The minimum absolute atomic E-state index is 0.0339. The minimum Gasteiger partial charge on any atom is -0.492 e. The van der Waals surface area contributed by atoms with Gasteiger partial charge in [-0.2, -0.15) is 0 Å². The quantitative estimate of drug-likeness (QED) is 0.428. The number of carbonyl (C=O) groups excluding carboxylic acids is 2. The van der Waals surface area contributed by atoms with Crippen molar-refractivity contribution in [3.63, 3.8) is 0 Å². The average molecular weight is 458 g/mol. The summed E-state index contributed by atoms with van der Waals surface area (Å²) in [5.41, 5.74) is 1.94. The van der Waals surface area contributed by atoms with E-state index in [1.54, 1.807) is 31.3 Å². The van der Waals surface area contributed by atoms with E-state index in [0.717, 1.165) is 11.1 Å². The standard InChI is InChI=1S/C23H24ClN3O5/c1-16-3-5-17(6-4-16)23-26-25-20(32-23)11-12-22(29)31-15-21(28)27(2)13-14-30-19-9-7-18(24)8-10-19/h3-10H,11-15H2,1-2H3. The molecule has 0 saturated carbocycles. The van der Waals surface area contributed by atoms with Crippen molar-refractivity contribution in [2.75, 3.05) is 26.8 Å². The molecule has 0 N–H and O–H groups in total. The number of likely N-dealkylation sites (N-methyl/N-ethyl adjacent to an activating group) is 1. The van der Waals surface area contributed by atoms with Crippen molar-refractivity contribution in [1.82, 2.24) is 15.1 Å². The maximum absolute atomic E-state index is 12.1. The molecule has 3 aromatic rings. The summed E-state index contributed by atoms with van der Waals surface area (Å²) in [6.45, 7) is 2.31. The first-order valence-corrected chi connectivity index (χ1v) is 10.5. The van der Waals surface area contributed by atoms with Crippen molar-refractivity contribution in [1.29, 1.82) is 0 Å². The average Bonchev–Trinajstić information content (AvgIpc) is 3.27. The van der Waals surface area contributed by atoms with Crippen LogP contribution in [0.4, 0.5) is 0 Å². The monoisotopic (exact) mass is 457 g/mol. The van der Waals surface area contributed by atoms with Crippen LogP contribution in [-0.2, 0) is 20.7 Å². The summed E-state index contributed by atoms with van der Waals surface area (Å²) < 4.78 is 16.2. The Balaban J connectivity index is 1.34. The van der Waals surface area contributed by atoms with E-state index in [0.29, 0.717) is 35.7 Å². The SMILES string of the molecule is Cc1ccc(-c2nnc(CCC(=O)OCC(=O)N(C)CCOc3ccc(Cl)cc3)o2)cc1. The molecule has 1 heterocycles. The highest BCUT2D eigenvalue weighted by molar-refractivity contribution is 6.30. The van der Waals surface area contributed by atoms with Gasteiger partial charge in [0.25, 0.3) is 5.91 Å². The lowest BCUT2D eigenvalue weighted by Gasteiger charge is -2.17. The molecule has 8 nitrogen and oxygen atoms in total. The van der Waals surface area contributed by atoms with Gasteiger partial charge in [-0.1, -0.05) is 29.3 Å². The molecule has 9 heteroatoms. The van der Waals surface area contributed by atoms with Crippen molar-refractivity contribution in [3.8, 4) is 17.2 Å². The number of halogens is 1. The zero-order valence-electron chi connectivity index (χ0n) is 17.9. The molecule has 2 aromatic carbocycles. The lowest BCUT2D eigenvalue weighted by atomic mass is 10.1. The van der Waals surface area contributed by atoms with Gasteiger partial charge in [0.1, 0.15) is 12.4 Å². The van der Waals surface area contributed by atoms with Crippen molar-refractivity contribution < 1.29 is 23.5 Å². The second kappa shape index (κ2) is 11.3. The number of ether oxygens (including phenoxy) is 2. The molecule has 0 bridgehead atoms. The minimum atomic E-state index is -0.515. The van der Waals surface area contributed by atoms with Crippen molar-refractivity contribution in [3.05, 3.63) is 65.0 Å². The third-order valence-electron chi connectivity index (χ3n) is 4.60. The number of hydrogen-bond donors (Lipinski definition) is 0. The molecule has 0 aliphatic carbocycles. The predicted octanol–water partition coefficient (Wildman–Crippen LogP) is 3.71. The normalized spacial score (nSPS) is 10.6. The Labute approximate surface area is 191 Å². The first-order valence-electron chi connectivity index (χ1n) is 10.1. The van der Waals surface area contributed by atoms with Crippen LogP contribution in [0.2, 0.25) is 5.02 Å². The van der Waals surface area contributed by atoms with Crippen LogP contribution < -0.4 is 4.74 Å². The van der Waals surface area contributed by atoms with E-state index in [2.05, 4.69) is 10.2 Å². The first kappa shape index (κ1) is 23.3. The van der Waals surface area contributed by atoms with Crippen molar-refractivity contribution >= 4 is 23.5 Å². The Bertz CT molecular complexity index is 1030. The zero-order valence-corrected chi connectivity index (χ0v) is 18.7. The second-order valence-corrected chi connectivity index (χ2v) is 7.58. The molecule has 32 heavy (non-hydrogen) atoms. The van der Waals surface area contributed by atoms with Gasteiger partial charge in [0, 0.05) is 24.1 Å². The molecule has 0 spiro atoms. The molecule has 168 valence electrons. The molecular weight excluding hydrogens is 434 g/mol. The van der Waals surface area contributed by atoms with Crippen LogP contribution in [-0.4, -0.2) is 53.8 Å². The summed E-state index contributed by atoms with van der Waals surface area (Å²) in [5, 5.41) is 8.57. The molecule has 3 rings (SSSR count). The summed E-state index contributed by atoms with van der Waals surface area (Å²) in [7, 11) is 1.62. The van der Waals surface area contributed by atoms with Gasteiger partial charge >= 0.3 is 5.97 Å². The van der Waals surface area contributed by atoms with Crippen molar-refractivity contribution in [2.24, 2.45) is 0 Å². The van der Waals surface area contributed by atoms with Gasteiger partial charge < -0.3 is 18.8 Å². The largest absolute Gasteiger partial charge is 0.492 e. The fraction of sp³-hybridized carbons (Fsp3) is 0.304. The lowest BCUT2D eigenvalue weighted by Crippen LogP contribution is -2.34. The highest BCUT2D eigenvalue weighted by Crippen LogP contribution is 2.19. The topological polar surface area (TPSA) is 94.8 Å². The number of amides is 1. The van der Waals surface area contributed by atoms with Gasteiger partial charge in [0.05, 0.1) is 13.0 Å². The van der Waals surface area contributed by atoms with Crippen LogP contribution in [0.15, 0.2) is 52.9 Å². The maximum atomic E-state index is 12.1. The summed E-state index contributed by atoms with van der Waals surface area (Å²) >= 11 is 5.82. The van der Waals surface area contributed by atoms with Gasteiger partial charge in [-0.3, -0.25) is 9.59 Å². The van der Waals surface area contributed by atoms with Crippen LogP contribution in [0, 0.1) is 6.92 Å². The summed E-state index contributed by atoms with van der Waals surface area (Å²) in [4.78, 5) is 25.5. The molecular formula is C23H24ClN3O5. The molecule has 0 saturated heterocycles. The number of nitrogens with zero attached hydrogens (tertiary/aromatic N) is 3. The Kier molecular flexibility index (Phi) is 8.21. The van der Waals surface area contributed by atoms with E-state index in [1.807, 2.05) is 31.2 Å². The number of aromatic nitrogens is 2. The number of hydrogen-bond acceptors (Lipinski definition) is 7. The number of carbonyl (C=O) groups is 2. The number of benzene rings is 2. The van der Waals surface area contributed by atoms with E-state index < -0.39 is 5.97 Å². The number of rotatable bonds is 10. The Morgan fingerprint density at radius 3 is 2.50 bits per heavy atom. The van der Waals surface area contributed by atoms with Gasteiger partial charge in [0.15, 0.2) is 6.61 Å². The molecule has 1 aromatic heterocycles. The van der Waals surface area contributed by atoms with Crippen LogP contribution in [0.3, 0.4) is 0 Å². The fourth-order valence-corrected chi connectivity index (χ4v) is 2.78. The van der Waals surface area contributed by atoms with E-state index in [4.69, 9.17) is 25.5 Å². The Hall–Kier alpha value is -3.39. The predicted molar refractivity (Wildman–Crippen MR) is 118 cm³/mol. The van der Waals surface area contributed by atoms with Gasteiger partial charge in [-0.25, -0.2) is 0 Å². The smallest absolute Gasteiger partial charge is 0.306 e. The third-order valence-corrected chi connectivity index (χ3v) is 4.85. The summed E-state index contributed by atoms with van der Waals surface area (Å²) in [5.74, 6) is 0.552. The summed E-state index contributed by atoms with van der Waals surface area (Å²) in [6, 6.07) is 14.6. The lowest BCUT2D eigenvalue weighted by molar-refractivity contribution is -0.151. The molecule has 1 amide bonds. The summed E-state index contributed by atoms with van der Waals surface area (Å²) in [6.07, 6.45) is 0.267. The van der Waals surface area contributed by atoms with Gasteiger partial charge in [0.2, 0.25) is 11.8 Å². The van der Waals surface area contributed by atoms with Crippen LogP contribution in [0.1, 0.15) is 17.9 Å². The van der Waals surface area contributed by atoms with Crippen LogP contribution >= 0.6 is 11.6 Å². The van der Waals surface area contributed by atoms with E-state index >= 15 is 0 Å². The molecule has 0 aliphatic heterocycles. The maximum Gasteiger partial charge on any atom is 0.306 e. The second-order valence-electron chi connectivity index (χ2n) is 7.15. The zero-order chi connectivity index (χ0) is 22.9. The molecule has 0 fully saturated rings. The highest BCUT2D eigenvalue weighted by atomic mass is 35.5. The van der Waals surface area contributed by atoms with Gasteiger partial charge in [-0.05, 0) is 43.3 Å². The molecule has 0 unspecified atom stereocenters. The molecule has 0 atom stereocenters. The first-order chi connectivity index (χ1) is 15.4. The van der Waals surface area contributed by atoms with E-state index in [1.165, 1.54) is 4.90 Å². The molecule has 0 aliphatic rings. The Morgan fingerprint density at radius 2 is 1.78 bits per heavy atom.